The van der Waals surface area contributed by atoms with E-state index >= 15 is 0 Å². The molecule has 1 aliphatic carbocycles. The third-order valence-corrected chi connectivity index (χ3v) is 4.99. The van der Waals surface area contributed by atoms with Gasteiger partial charge in [-0.2, -0.15) is 0 Å². The van der Waals surface area contributed by atoms with E-state index in [4.69, 9.17) is 10.9 Å². The largest absolute Gasteiger partial charge is 0.409 e. The molecular formula is C16H19N3OS. The van der Waals surface area contributed by atoms with Crippen LogP contribution in [0, 0.1) is 0 Å². The fraction of sp³-hybridized carbons (Fsp3) is 0.312. The zero-order valence-electron chi connectivity index (χ0n) is 11.8. The third kappa shape index (κ3) is 3.25. The number of rotatable bonds is 5. The Balaban J connectivity index is 1.57. The first-order chi connectivity index (χ1) is 10.3. The van der Waals surface area contributed by atoms with Crippen LogP contribution in [0.1, 0.15) is 32.9 Å². The van der Waals surface area contributed by atoms with Crippen LogP contribution in [0.3, 0.4) is 0 Å². The zero-order chi connectivity index (χ0) is 14.7. The minimum absolute atomic E-state index is 0.145. The van der Waals surface area contributed by atoms with Gasteiger partial charge >= 0.3 is 0 Å². The zero-order valence-corrected chi connectivity index (χ0v) is 12.6. The van der Waals surface area contributed by atoms with E-state index < -0.39 is 0 Å². The molecule has 0 unspecified atom stereocenters. The number of nitrogens with two attached hydrogens (primary N) is 1. The van der Waals surface area contributed by atoms with Gasteiger partial charge in [0.05, 0.1) is 0 Å². The molecule has 2 aromatic rings. The van der Waals surface area contributed by atoms with Crippen molar-refractivity contribution in [1.82, 2.24) is 5.32 Å². The van der Waals surface area contributed by atoms with Crippen LogP contribution in [0.5, 0.6) is 0 Å². The van der Waals surface area contributed by atoms with E-state index in [0.717, 1.165) is 24.2 Å². The molecule has 1 aliphatic rings. The van der Waals surface area contributed by atoms with Gasteiger partial charge in [0.2, 0.25) is 0 Å². The Morgan fingerprint density at radius 1 is 1.29 bits per heavy atom. The van der Waals surface area contributed by atoms with Gasteiger partial charge in [0.25, 0.3) is 0 Å². The number of nitrogens with one attached hydrogen (secondary N) is 1. The van der Waals surface area contributed by atoms with E-state index in [-0.39, 0.29) is 5.84 Å². The van der Waals surface area contributed by atoms with Crippen LogP contribution in [0.2, 0.25) is 0 Å². The Hall–Kier alpha value is -1.85. The Bertz CT molecular complexity index is 642. The lowest BCUT2D eigenvalue weighted by atomic mass is 10.1. The molecule has 0 saturated heterocycles. The van der Waals surface area contributed by atoms with Gasteiger partial charge in [0, 0.05) is 28.4 Å². The van der Waals surface area contributed by atoms with Crippen molar-refractivity contribution < 1.29 is 5.21 Å². The quantitative estimate of drug-likeness (QED) is 0.344. The fourth-order valence-corrected chi connectivity index (χ4v) is 3.94. The fourth-order valence-electron chi connectivity index (χ4n) is 2.71. The topological polar surface area (TPSA) is 70.6 Å². The molecule has 0 saturated carbocycles. The first-order valence-corrected chi connectivity index (χ1v) is 7.96. The van der Waals surface area contributed by atoms with Crippen LogP contribution in [0.25, 0.3) is 0 Å². The molecule has 4 nitrogen and oxygen atoms in total. The molecule has 0 radical (unpaired) electrons. The van der Waals surface area contributed by atoms with Crippen molar-refractivity contribution >= 4 is 17.2 Å². The summed E-state index contributed by atoms with van der Waals surface area (Å²) in [6.45, 7) is 1.67. The maximum absolute atomic E-state index is 8.71. The summed E-state index contributed by atoms with van der Waals surface area (Å²) >= 11 is 1.93. The summed E-state index contributed by atoms with van der Waals surface area (Å²) in [5.41, 5.74) is 9.02. The van der Waals surface area contributed by atoms with Crippen LogP contribution in [0.4, 0.5) is 0 Å². The molecule has 0 aliphatic heterocycles. The highest BCUT2D eigenvalue weighted by atomic mass is 32.1. The Morgan fingerprint density at radius 3 is 3.00 bits per heavy atom. The summed E-state index contributed by atoms with van der Waals surface area (Å²) < 4.78 is 0. The number of hydrogen-bond acceptors (Lipinski definition) is 4. The molecule has 3 rings (SSSR count). The van der Waals surface area contributed by atoms with Crippen molar-refractivity contribution in [3.05, 3.63) is 56.8 Å². The predicted octanol–water partition coefficient (Wildman–Crippen LogP) is 2.62. The molecule has 5 heteroatoms. The Labute approximate surface area is 128 Å². The van der Waals surface area contributed by atoms with Gasteiger partial charge in [0.15, 0.2) is 5.84 Å². The summed E-state index contributed by atoms with van der Waals surface area (Å²) in [7, 11) is 0. The monoisotopic (exact) mass is 301 g/mol. The number of benzene rings is 1. The normalized spacial score (nSPS) is 14.4. The smallest absolute Gasteiger partial charge is 0.170 e. The first-order valence-electron chi connectivity index (χ1n) is 7.14. The van der Waals surface area contributed by atoms with Gasteiger partial charge in [-0.1, -0.05) is 23.4 Å². The lowest BCUT2D eigenvalue weighted by molar-refractivity contribution is 0.318. The van der Waals surface area contributed by atoms with Crippen LogP contribution in [0.15, 0.2) is 35.5 Å². The van der Waals surface area contributed by atoms with E-state index in [9.17, 15) is 0 Å². The molecule has 0 fully saturated rings. The molecule has 0 spiro atoms. The molecule has 0 atom stereocenters. The van der Waals surface area contributed by atoms with E-state index in [2.05, 4.69) is 16.5 Å². The molecule has 21 heavy (non-hydrogen) atoms. The number of fused-ring (bicyclic) bond motifs is 1. The highest BCUT2D eigenvalue weighted by molar-refractivity contribution is 7.12. The summed E-state index contributed by atoms with van der Waals surface area (Å²) in [6.07, 6.45) is 3.81. The molecular weight excluding hydrogens is 282 g/mol. The molecule has 0 bridgehead atoms. The summed E-state index contributed by atoms with van der Waals surface area (Å²) in [5.74, 6) is 0.145. The van der Waals surface area contributed by atoms with Crippen molar-refractivity contribution in [3.63, 3.8) is 0 Å². The molecule has 110 valence electrons. The van der Waals surface area contributed by atoms with Crippen LogP contribution >= 0.6 is 11.3 Å². The molecule has 1 aromatic heterocycles. The lowest BCUT2D eigenvalue weighted by Crippen LogP contribution is -2.15. The van der Waals surface area contributed by atoms with Crippen LogP contribution < -0.4 is 11.1 Å². The average molecular weight is 301 g/mol. The van der Waals surface area contributed by atoms with Gasteiger partial charge in [-0.15, -0.1) is 11.3 Å². The highest BCUT2D eigenvalue weighted by Crippen LogP contribution is 2.30. The van der Waals surface area contributed by atoms with Gasteiger partial charge in [-0.3, -0.25) is 0 Å². The number of hydrogen-bond donors (Lipinski definition) is 3. The van der Waals surface area contributed by atoms with Gasteiger partial charge < -0.3 is 16.3 Å². The lowest BCUT2D eigenvalue weighted by Gasteiger charge is -2.06. The first kappa shape index (κ1) is 14.1. The number of thiophene rings is 1. The third-order valence-electron chi connectivity index (χ3n) is 3.76. The van der Waals surface area contributed by atoms with Gasteiger partial charge in [0.1, 0.15) is 0 Å². The van der Waals surface area contributed by atoms with E-state index in [1.807, 2.05) is 35.6 Å². The van der Waals surface area contributed by atoms with E-state index in [0.29, 0.717) is 0 Å². The summed E-state index contributed by atoms with van der Waals surface area (Å²) in [5, 5.41) is 15.2. The predicted molar refractivity (Wildman–Crippen MR) is 85.8 cm³/mol. The second kappa shape index (κ2) is 6.28. The summed E-state index contributed by atoms with van der Waals surface area (Å²) in [4.78, 5) is 2.98. The van der Waals surface area contributed by atoms with Crippen molar-refractivity contribution in [3.8, 4) is 0 Å². The second-order valence-corrected chi connectivity index (χ2v) is 6.53. The van der Waals surface area contributed by atoms with Crippen LogP contribution in [-0.2, 0) is 25.9 Å². The SMILES string of the molecule is NC(=NO)c1cccc(CNCc2cc3c(s2)CCC3)c1. The van der Waals surface area contributed by atoms with Crippen molar-refractivity contribution in [2.24, 2.45) is 10.9 Å². The average Bonchev–Trinajstić information content (AvgIpc) is 3.08. The van der Waals surface area contributed by atoms with Crippen molar-refractivity contribution in [1.29, 1.82) is 0 Å². The van der Waals surface area contributed by atoms with Crippen LogP contribution in [-0.4, -0.2) is 11.0 Å². The Morgan fingerprint density at radius 2 is 2.19 bits per heavy atom. The standard InChI is InChI=1S/C16H19N3OS/c17-16(19-20)13-5-1-3-11(7-13)9-18-10-14-8-12-4-2-6-15(12)21-14/h1,3,5,7-8,18,20H,2,4,6,9-10H2,(H2,17,19). The number of aryl methyl sites for hydroxylation is 2. The summed E-state index contributed by atoms with van der Waals surface area (Å²) in [6, 6.07) is 10.1. The maximum atomic E-state index is 8.71. The molecule has 0 amide bonds. The van der Waals surface area contributed by atoms with E-state index in [1.165, 1.54) is 24.1 Å². The second-order valence-electron chi connectivity index (χ2n) is 5.30. The van der Waals surface area contributed by atoms with Crippen molar-refractivity contribution in [2.75, 3.05) is 0 Å². The van der Waals surface area contributed by atoms with Gasteiger partial charge in [-0.25, -0.2) is 0 Å². The van der Waals surface area contributed by atoms with Gasteiger partial charge in [-0.05, 0) is 42.5 Å². The minimum atomic E-state index is 0.145. The Kier molecular flexibility index (Phi) is 4.22. The molecule has 1 aromatic carbocycles. The van der Waals surface area contributed by atoms with Crippen molar-refractivity contribution in [2.45, 2.75) is 32.4 Å². The highest BCUT2D eigenvalue weighted by Gasteiger charge is 2.14. The molecule has 1 heterocycles. The number of amidine groups is 1. The number of nitrogens with zero attached hydrogens (tertiary/aromatic N) is 1. The maximum Gasteiger partial charge on any atom is 0.170 e. The number of oxime groups is 1. The molecule has 4 N–H and O–H groups in total. The van der Waals surface area contributed by atoms with E-state index in [1.54, 1.807) is 10.4 Å². The minimum Gasteiger partial charge on any atom is -0.409 e.